The Morgan fingerprint density at radius 1 is 1.13 bits per heavy atom. The second kappa shape index (κ2) is 6.77. The number of hydrogen-bond donors (Lipinski definition) is 1. The van der Waals surface area contributed by atoms with E-state index in [1.807, 2.05) is 0 Å². The Labute approximate surface area is 95.3 Å². The van der Waals surface area contributed by atoms with Crippen LogP contribution in [0.2, 0.25) is 0 Å². The molecule has 2 N–H and O–H groups in total. The first-order chi connectivity index (χ1) is 7.16. The summed E-state index contributed by atoms with van der Waals surface area (Å²) in [6.45, 7) is 4.16. The van der Waals surface area contributed by atoms with Crippen LogP contribution in [-0.4, -0.2) is 61.3 Å². The lowest BCUT2D eigenvalue weighted by Crippen LogP contribution is -2.36. The maximum absolute atomic E-state index is 5.63. The van der Waals surface area contributed by atoms with Crippen LogP contribution >= 0.6 is 8.37 Å². The Kier molecular flexibility index (Phi) is 6.02. The van der Waals surface area contributed by atoms with Crippen LogP contribution < -0.4 is 5.73 Å². The highest BCUT2D eigenvalue weighted by atomic mass is 31.2. The first kappa shape index (κ1) is 13.3. The Morgan fingerprint density at radius 3 is 2.13 bits per heavy atom. The molecule has 0 saturated carbocycles. The van der Waals surface area contributed by atoms with Crippen molar-refractivity contribution in [2.24, 2.45) is 5.73 Å². The van der Waals surface area contributed by atoms with Gasteiger partial charge in [-0.1, -0.05) is 6.42 Å². The standard InChI is InChI=1S/C10H25N4P/c1-12-8-5-4-6-9-13(2)15(12)14(3)10-7-11/h4-11H2,1-3H3. The average Bonchev–Trinajstić information content (AvgIpc) is 2.15. The maximum atomic E-state index is 5.63. The lowest BCUT2D eigenvalue weighted by Gasteiger charge is -2.41. The molecule has 0 bridgehead atoms. The molecule has 1 fully saturated rings. The van der Waals surface area contributed by atoms with Crippen molar-refractivity contribution in [2.75, 3.05) is 47.3 Å². The Bertz CT molecular complexity index is 161. The Hall–Kier alpha value is 0.270. The monoisotopic (exact) mass is 232 g/mol. The van der Waals surface area contributed by atoms with Crippen LogP contribution in [0.25, 0.3) is 0 Å². The fraction of sp³-hybridized carbons (Fsp3) is 1.00. The van der Waals surface area contributed by atoms with E-state index in [0.717, 1.165) is 13.1 Å². The first-order valence-corrected chi connectivity index (χ1v) is 7.00. The predicted molar refractivity (Wildman–Crippen MR) is 67.7 cm³/mol. The topological polar surface area (TPSA) is 35.7 Å². The number of hydrogen-bond acceptors (Lipinski definition) is 4. The van der Waals surface area contributed by atoms with E-state index in [9.17, 15) is 0 Å². The van der Waals surface area contributed by atoms with E-state index in [2.05, 4.69) is 35.2 Å². The molecule has 0 aromatic rings. The van der Waals surface area contributed by atoms with Gasteiger partial charge in [0.1, 0.15) is 8.37 Å². The third-order valence-electron chi connectivity index (χ3n) is 2.83. The molecule has 1 aliphatic rings. The first-order valence-electron chi connectivity index (χ1n) is 5.80. The van der Waals surface area contributed by atoms with Gasteiger partial charge in [-0.25, -0.2) is 0 Å². The largest absolute Gasteiger partial charge is 0.329 e. The predicted octanol–water partition coefficient (Wildman–Crippen LogP) is 1.15. The zero-order valence-electron chi connectivity index (χ0n) is 10.3. The van der Waals surface area contributed by atoms with Gasteiger partial charge in [0.15, 0.2) is 0 Å². The van der Waals surface area contributed by atoms with E-state index in [-0.39, 0.29) is 8.37 Å². The number of nitrogens with zero attached hydrogens (tertiary/aromatic N) is 3. The summed E-state index contributed by atoms with van der Waals surface area (Å²) in [5.41, 5.74) is 5.63. The SMILES string of the molecule is CN(CCN)P1N(C)CCCCCN1C. The zero-order chi connectivity index (χ0) is 11.3. The average molecular weight is 232 g/mol. The quantitative estimate of drug-likeness (QED) is 0.741. The smallest absolute Gasteiger partial charge is 0.119 e. The summed E-state index contributed by atoms with van der Waals surface area (Å²) in [4.78, 5) is 0. The van der Waals surface area contributed by atoms with Crippen LogP contribution in [0.3, 0.4) is 0 Å². The summed E-state index contributed by atoms with van der Waals surface area (Å²) < 4.78 is 7.38. The van der Waals surface area contributed by atoms with Crippen LogP contribution in [0.4, 0.5) is 0 Å². The third-order valence-corrected chi connectivity index (χ3v) is 5.26. The lowest BCUT2D eigenvalue weighted by atomic mass is 10.2. The number of rotatable bonds is 3. The summed E-state index contributed by atoms with van der Waals surface area (Å²) in [5.74, 6) is 0. The van der Waals surface area contributed by atoms with E-state index >= 15 is 0 Å². The van der Waals surface area contributed by atoms with E-state index in [1.165, 1.54) is 32.4 Å². The third kappa shape index (κ3) is 3.97. The van der Waals surface area contributed by atoms with Crippen molar-refractivity contribution in [1.29, 1.82) is 0 Å². The van der Waals surface area contributed by atoms with Gasteiger partial charge >= 0.3 is 0 Å². The molecule has 4 nitrogen and oxygen atoms in total. The van der Waals surface area contributed by atoms with Gasteiger partial charge in [-0.15, -0.1) is 0 Å². The second-order valence-corrected chi connectivity index (χ2v) is 6.85. The van der Waals surface area contributed by atoms with Gasteiger partial charge in [-0.2, -0.15) is 0 Å². The van der Waals surface area contributed by atoms with Crippen molar-refractivity contribution in [1.82, 2.24) is 14.0 Å². The molecule has 1 saturated heterocycles. The number of likely N-dealkylation sites (N-methyl/N-ethyl adjacent to an activating group) is 1. The van der Waals surface area contributed by atoms with Gasteiger partial charge in [-0.05, 0) is 34.0 Å². The molecule has 0 aromatic carbocycles. The Morgan fingerprint density at radius 2 is 1.67 bits per heavy atom. The van der Waals surface area contributed by atoms with Gasteiger partial charge < -0.3 is 5.73 Å². The molecule has 1 rings (SSSR count). The fourth-order valence-electron chi connectivity index (χ4n) is 2.10. The molecule has 0 aliphatic carbocycles. The highest BCUT2D eigenvalue weighted by molar-refractivity contribution is 7.50. The molecule has 0 amide bonds. The van der Waals surface area contributed by atoms with Crippen molar-refractivity contribution < 1.29 is 0 Å². The van der Waals surface area contributed by atoms with E-state index in [1.54, 1.807) is 0 Å². The van der Waals surface area contributed by atoms with Gasteiger partial charge in [0.2, 0.25) is 0 Å². The van der Waals surface area contributed by atoms with Crippen LogP contribution in [0, 0.1) is 0 Å². The minimum Gasteiger partial charge on any atom is -0.329 e. The summed E-state index contributed by atoms with van der Waals surface area (Å²) >= 11 is 0. The van der Waals surface area contributed by atoms with Crippen molar-refractivity contribution in [3.63, 3.8) is 0 Å². The van der Waals surface area contributed by atoms with E-state index < -0.39 is 0 Å². The molecular weight excluding hydrogens is 207 g/mol. The summed E-state index contributed by atoms with van der Waals surface area (Å²) in [6, 6.07) is 0. The van der Waals surface area contributed by atoms with Crippen molar-refractivity contribution >= 4 is 8.37 Å². The van der Waals surface area contributed by atoms with Gasteiger partial charge in [-0.3, -0.25) is 14.0 Å². The molecule has 1 aliphatic heterocycles. The molecule has 0 unspecified atom stereocenters. The van der Waals surface area contributed by atoms with Crippen LogP contribution in [0.15, 0.2) is 0 Å². The van der Waals surface area contributed by atoms with Crippen molar-refractivity contribution in [3.05, 3.63) is 0 Å². The van der Waals surface area contributed by atoms with Crippen LogP contribution in [0.5, 0.6) is 0 Å². The normalized spacial score (nSPS) is 23.0. The summed E-state index contributed by atoms with van der Waals surface area (Å²) in [5, 5.41) is 0. The highest BCUT2D eigenvalue weighted by Crippen LogP contribution is 2.45. The van der Waals surface area contributed by atoms with Gasteiger partial charge in [0.25, 0.3) is 0 Å². The maximum Gasteiger partial charge on any atom is 0.119 e. The van der Waals surface area contributed by atoms with E-state index in [0.29, 0.717) is 0 Å². The lowest BCUT2D eigenvalue weighted by molar-refractivity contribution is 0.358. The van der Waals surface area contributed by atoms with Crippen molar-refractivity contribution in [3.8, 4) is 0 Å². The molecule has 15 heavy (non-hydrogen) atoms. The second-order valence-electron chi connectivity index (χ2n) is 4.26. The summed E-state index contributed by atoms with van der Waals surface area (Å²) in [6.07, 6.45) is 4.03. The summed E-state index contributed by atoms with van der Waals surface area (Å²) in [7, 11) is 6.38. The minimum atomic E-state index is -0.285. The molecule has 0 radical (unpaired) electrons. The van der Waals surface area contributed by atoms with Crippen molar-refractivity contribution in [2.45, 2.75) is 19.3 Å². The minimum absolute atomic E-state index is 0.285. The molecule has 0 atom stereocenters. The molecule has 5 heteroatoms. The van der Waals surface area contributed by atoms with Gasteiger partial charge in [0, 0.05) is 26.2 Å². The zero-order valence-corrected chi connectivity index (χ0v) is 11.2. The molecule has 1 heterocycles. The van der Waals surface area contributed by atoms with Crippen LogP contribution in [0.1, 0.15) is 19.3 Å². The van der Waals surface area contributed by atoms with Gasteiger partial charge in [0.05, 0.1) is 0 Å². The van der Waals surface area contributed by atoms with E-state index in [4.69, 9.17) is 5.73 Å². The molecule has 90 valence electrons. The fourth-order valence-corrected chi connectivity index (χ4v) is 4.59. The molecule has 0 spiro atoms. The van der Waals surface area contributed by atoms with Crippen LogP contribution in [-0.2, 0) is 0 Å². The molecule has 0 aromatic heterocycles. The molecular formula is C10H25N4P. The highest BCUT2D eigenvalue weighted by Gasteiger charge is 2.25. The number of nitrogens with two attached hydrogens (primary N) is 1. The Balaban J connectivity index is 2.59.